The summed E-state index contributed by atoms with van der Waals surface area (Å²) in [5.41, 5.74) is 4.05. The van der Waals surface area contributed by atoms with Crippen LogP contribution in [0.1, 0.15) is 44.1 Å². The first-order chi connectivity index (χ1) is 40.1. The van der Waals surface area contributed by atoms with Gasteiger partial charge >= 0.3 is 0 Å². The maximum atomic E-state index is 6.18. The van der Waals surface area contributed by atoms with Crippen molar-refractivity contribution in [2.45, 2.75) is 63.6 Å². The van der Waals surface area contributed by atoms with Gasteiger partial charge in [-0.3, -0.25) is 0 Å². The quantitative estimate of drug-likeness (QED) is 0.0726. The number of nitrogens with zero attached hydrogens (tertiary/aromatic N) is 6. The number of methoxy groups -OCH3 is 1. The second kappa shape index (κ2) is 28.2. The van der Waals surface area contributed by atoms with E-state index < -0.39 is 0 Å². The molecule has 0 saturated carbocycles. The van der Waals surface area contributed by atoms with Gasteiger partial charge in [-0.15, -0.1) is 0 Å². The van der Waals surface area contributed by atoms with Crippen molar-refractivity contribution >= 4 is 130 Å². The number of halogens is 1. The van der Waals surface area contributed by atoms with Crippen LogP contribution in [0, 0.1) is 6.92 Å². The number of hydrogen-bond acceptors (Lipinski definition) is 10. The Balaban J connectivity index is 0.000000138. The molecule has 6 N–H and O–H groups in total. The highest BCUT2D eigenvalue weighted by molar-refractivity contribution is 7.80. The van der Waals surface area contributed by atoms with Gasteiger partial charge in [0, 0.05) is 104 Å². The van der Waals surface area contributed by atoms with Crippen molar-refractivity contribution < 1.29 is 4.74 Å². The van der Waals surface area contributed by atoms with Gasteiger partial charge in [0.2, 0.25) is 0 Å². The highest BCUT2D eigenvalue weighted by Crippen LogP contribution is 2.30. The third-order valence-corrected chi connectivity index (χ3v) is 16.1. The number of nitrogens with one attached hydrogen (secondary N) is 6. The van der Waals surface area contributed by atoms with Crippen LogP contribution in [-0.2, 0) is 0 Å². The van der Waals surface area contributed by atoms with Crippen LogP contribution in [0.5, 0.6) is 5.75 Å². The molecule has 6 heterocycles. The third-order valence-electron chi connectivity index (χ3n) is 15.1. The van der Waals surface area contributed by atoms with Gasteiger partial charge in [-0.05, 0) is 165 Å². The van der Waals surface area contributed by atoms with E-state index in [0.717, 1.165) is 118 Å². The van der Waals surface area contributed by atoms with Crippen molar-refractivity contribution in [1.29, 1.82) is 0 Å². The number of aromatic nitrogens is 3. The van der Waals surface area contributed by atoms with Crippen LogP contribution < -0.4 is 51.3 Å². The smallest absolute Gasteiger partial charge is 0.171 e. The minimum atomic E-state index is 0.346. The van der Waals surface area contributed by atoms with E-state index in [1.54, 1.807) is 7.11 Å². The van der Waals surface area contributed by atoms with Gasteiger partial charge in [0.1, 0.15) is 23.2 Å². The molecule has 3 fully saturated rings. The summed E-state index contributed by atoms with van der Waals surface area (Å²) in [6.45, 7) is 7.87. The summed E-state index contributed by atoms with van der Waals surface area (Å²) >= 11 is 22.6. The monoisotopic (exact) mass is 1160 g/mol. The fourth-order valence-corrected chi connectivity index (χ4v) is 11.7. The number of benzene rings is 6. The number of hydrogen-bond donors (Lipinski definition) is 6. The SMILES string of the molecule is COc1ccc(NC(=S)NC2CCN(c3nccc4ccccc34)CC2)cc1.Cc1ccc(NC(=S)NC2CCN(c3nccc4ccccc34)CC2)cc1.S=C(Nc1ccccc1Cl)NC1CCN(c2nccc3ccccc23)CC1. The number of piperidine rings is 3. The molecule has 0 bridgehead atoms. The molecule has 13 nitrogen and oxygen atoms in total. The van der Waals surface area contributed by atoms with E-state index in [9.17, 15) is 0 Å². The standard InChI is InChI=1S/C22H24N4OS.C22H24N4S.C21H21ClN4S/c1-27-19-8-6-17(7-9-19)24-22(28)25-18-11-14-26(15-12-18)21-20-5-3-2-4-16(20)10-13-23-21;1-16-6-8-18(9-7-16)24-22(27)25-19-11-14-26(15-12-19)21-20-5-3-2-4-17(20)10-13-23-21;22-18-7-3-4-8-19(18)25-21(27)24-16-10-13-26(14-11-16)20-17-6-2-1-5-15(17)9-12-23-20/h2-10,13,18H,11-12,14-15H2,1H3,(H2,24,25,28);2-10,13,19H,11-12,14-15H2,1H3,(H2,24,25,27);1-9,12,16H,10-11,13-14H2,(H2,24,25,27). The predicted octanol–water partition coefficient (Wildman–Crippen LogP) is 13.5. The number of aryl methyl sites for hydroxylation is 1. The number of pyridine rings is 3. The van der Waals surface area contributed by atoms with Crippen molar-refractivity contribution in [3.8, 4) is 5.75 Å². The van der Waals surface area contributed by atoms with Crippen molar-refractivity contribution in [2.75, 3.05) is 77.0 Å². The van der Waals surface area contributed by atoms with Gasteiger partial charge in [0.25, 0.3) is 0 Å². The van der Waals surface area contributed by atoms with E-state index in [2.05, 4.69) is 184 Å². The Kier molecular flexibility index (Phi) is 19.7. The fourth-order valence-electron chi connectivity index (χ4n) is 10.7. The van der Waals surface area contributed by atoms with Gasteiger partial charge in [0.15, 0.2) is 15.3 Å². The average molecular weight is 1170 g/mol. The Morgan fingerprint density at radius 2 is 0.780 bits per heavy atom. The van der Waals surface area contributed by atoms with Crippen LogP contribution in [0.25, 0.3) is 32.3 Å². The minimum absolute atomic E-state index is 0.346. The lowest BCUT2D eigenvalue weighted by Gasteiger charge is -2.34. The number of thiocarbonyl (C=S) groups is 3. The average Bonchev–Trinajstić information content (AvgIpc) is 3.64. The topological polar surface area (TPSA) is 130 Å². The minimum Gasteiger partial charge on any atom is -0.497 e. The number of anilines is 6. The number of para-hydroxylation sites is 1. The van der Waals surface area contributed by atoms with E-state index in [1.807, 2.05) is 67.1 Å². The van der Waals surface area contributed by atoms with Gasteiger partial charge in [0.05, 0.1) is 17.8 Å². The van der Waals surface area contributed by atoms with E-state index in [0.29, 0.717) is 38.5 Å². The summed E-state index contributed by atoms with van der Waals surface area (Å²) in [7, 11) is 1.66. The van der Waals surface area contributed by atoms with Gasteiger partial charge < -0.3 is 51.3 Å². The Hall–Kier alpha value is -7.89. The van der Waals surface area contributed by atoms with Crippen LogP contribution in [0.15, 0.2) is 182 Å². The fraction of sp³-hybridized carbons (Fsp3) is 0.262. The van der Waals surface area contributed by atoms with Gasteiger partial charge in [-0.25, -0.2) is 15.0 Å². The Morgan fingerprint density at radius 3 is 1.16 bits per heavy atom. The summed E-state index contributed by atoms with van der Waals surface area (Å²) in [6.07, 6.45) is 11.8. The number of rotatable bonds is 10. The lowest BCUT2D eigenvalue weighted by Crippen LogP contribution is -2.46. The first-order valence-electron chi connectivity index (χ1n) is 28.1. The molecule has 82 heavy (non-hydrogen) atoms. The molecule has 0 radical (unpaired) electrons. The van der Waals surface area contributed by atoms with Crippen molar-refractivity contribution in [2.24, 2.45) is 0 Å². The molecule has 0 atom stereocenters. The van der Waals surface area contributed by atoms with E-state index in [-0.39, 0.29) is 0 Å². The summed E-state index contributed by atoms with van der Waals surface area (Å²) in [6, 6.07) is 56.2. The molecule has 3 aliphatic rings. The lowest BCUT2D eigenvalue weighted by molar-refractivity contribution is 0.415. The molecule has 17 heteroatoms. The summed E-state index contributed by atoms with van der Waals surface area (Å²) in [5, 5.41) is 30.0. The van der Waals surface area contributed by atoms with Crippen molar-refractivity contribution in [3.05, 3.63) is 193 Å². The molecule has 6 aromatic carbocycles. The maximum Gasteiger partial charge on any atom is 0.171 e. The largest absolute Gasteiger partial charge is 0.497 e. The molecule has 9 aromatic rings. The maximum absolute atomic E-state index is 6.18. The molecule has 0 amide bonds. The number of ether oxygens (including phenoxy) is 1. The highest BCUT2D eigenvalue weighted by Gasteiger charge is 2.25. The molecule has 0 aliphatic carbocycles. The van der Waals surface area contributed by atoms with Crippen molar-refractivity contribution in [1.82, 2.24) is 30.9 Å². The van der Waals surface area contributed by atoms with Gasteiger partial charge in [-0.2, -0.15) is 0 Å². The Labute approximate surface area is 502 Å². The second-order valence-corrected chi connectivity index (χ2v) is 22.4. The summed E-state index contributed by atoms with van der Waals surface area (Å²) < 4.78 is 5.18. The van der Waals surface area contributed by atoms with Crippen LogP contribution in [-0.4, -0.2) is 94.8 Å². The van der Waals surface area contributed by atoms with Crippen LogP contribution in [0.4, 0.5) is 34.5 Å². The predicted molar refractivity (Wildman–Crippen MR) is 355 cm³/mol. The van der Waals surface area contributed by atoms with E-state index >= 15 is 0 Å². The molecule has 0 unspecified atom stereocenters. The summed E-state index contributed by atoms with van der Waals surface area (Å²) in [5.74, 6) is 4.07. The Bertz CT molecular complexity index is 3570. The van der Waals surface area contributed by atoms with Crippen LogP contribution >= 0.6 is 48.3 Å². The van der Waals surface area contributed by atoms with E-state index in [1.165, 1.54) is 37.9 Å². The zero-order valence-electron chi connectivity index (χ0n) is 46.2. The Morgan fingerprint density at radius 1 is 0.439 bits per heavy atom. The molecular formula is C65H69ClN12OS3. The molecule has 3 aromatic heterocycles. The molecule has 3 saturated heterocycles. The van der Waals surface area contributed by atoms with Crippen LogP contribution in [0.3, 0.4) is 0 Å². The third kappa shape index (κ3) is 15.4. The molecule has 3 aliphatic heterocycles. The molecule has 0 spiro atoms. The zero-order valence-corrected chi connectivity index (χ0v) is 49.4. The van der Waals surface area contributed by atoms with Crippen LogP contribution in [0.2, 0.25) is 5.02 Å². The molecular weight excluding hydrogens is 1100 g/mol. The first kappa shape index (κ1) is 57.3. The highest BCUT2D eigenvalue weighted by atomic mass is 35.5. The molecule has 420 valence electrons. The first-order valence-corrected chi connectivity index (χ1v) is 29.7. The zero-order chi connectivity index (χ0) is 56.6. The molecule has 12 rings (SSSR count). The normalized spacial score (nSPS) is 14.8. The van der Waals surface area contributed by atoms with Crippen molar-refractivity contribution in [3.63, 3.8) is 0 Å². The van der Waals surface area contributed by atoms with E-state index in [4.69, 9.17) is 53.0 Å². The number of fused-ring (bicyclic) bond motifs is 3. The lowest BCUT2D eigenvalue weighted by atomic mass is 10.0. The van der Waals surface area contributed by atoms with Gasteiger partial charge in [-0.1, -0.05) is 114 Å². The summed E-state index contributed by atoms with van der Waals surface area (Å²) in [4.78, 5) is 21.1. The second-order valence-electron chi connectivity index (χ2n) is 20.7.